The van der Waals surface area contributed by atoms with Gasteiger partial charge in [0.05, 0.1) is 0 Å². The topological polar surface area (TPSA) is 86.7 Å². The van der Waals surface area contributed by atoms with Crippen molar-refractivity contribution in [2.24, 2.45) is 0 Å². The summed E-state index contributed by atoms with van der Waals surface area (Å²) in [7, 11) is 0. The molecule has 1 aromatic carbocycles. The van der Waals surface area contributed by atoms with E-state index in [0.717, 1.165) is 19.3 Å². The molecule has 1 aliphatic rings. The van der Waals surface area contributed by atoms with Crippen molar-refractivity contribution in [2.45, 2.75) is 32.1 Å². The van der Waals surface area contributed by atoms with Crippen molar-refractivity contribution in [3.63, 3.8) is 0 Å². The molecule has 0 radical (unpaired) electrons. The van der Waals surface area contributed by atoms with Crippen molar-refractivity contribution in [2.75, 3.05) is 6.54 Å². The first-order valence-corrected chi connectivity index (χ1v) is 7.01. The quantitative estimate of drug-likeness (QED) is 0.372. The number of carbonyl (C=O) groups is 3. The van der Waals surface area contributed by atoms with Crippen LogP contribution in [0, 0.1) is 0 Å². The lowest BCUT2D eigenvalue weighted by Crippen LogP contribution is -2.47. The first-order chi connectivity index (χ1) is 10.1. The molecule has 0 saturated carbocycles. The highest BCUT2D eigenvalue weighted by molar-refractivity contribution is 6.18. The third kappa shape index (κ3) is 2.95. The predicted molar refractivity (Wildman–Crippen MR) is 74.7 cm³/mol. The Kier molecular flexibility index (Phi) is 4.70. The van der Waals surface area contributed by atoms with Gasteiger partial charge in [-0.05, 0) is 18.1 Å². The van der Waals surface area contributed by atoms with Gasteiger partial charge in [0.2, 0.25) is 5.91 Å². The average molecular weight is 290 g/mol. The van der Waals surface area contributed by atoms with Crippen LogP contribution in [0.15, 0.2) is 24.3 Å². The molecule has 112 valence electrons. The molecular weight excluding hydrogens is 272 g/mol. The van der Waals surface area contributed by atoms with Crippen molar-refractivity contribution in [3.05, 3.63) is 35.4 Å². The molecule has 2 rings (SSSR count). The Morgan fingerprint density at radius 1 is 1.29 bits per heavy atom. The fraction of sp³-hybridized carbons (Fsp3) is 0.400. The van der Waals surface area contributed by atoms with Crippen LogP contribution in [-0.2, 0) is 9.59 Å². The molecule has 0 fully saturated rings. The molecule has 0 spiro atoms. The highest BCUT2D eigenvalue weighted by Gasteiger charge is 2.42. The minimum Gasteiger partial charge on any atom is -0.355 e. The van der Waals surface area contributed by atoms with Gasteiger partial charge in [0, 0.05) is 12.1 Å². The molecule has 1 unspecified atom stereocenters. The lowest BCUT2D eigenvalue weighted by Gasteiger charge is -2.27. The first kappa shape index (κ1) is 15.2. The number of nitrogens with one attached hydrogen (secondary N) is 1. The highest BCUT2D eigenvalue weighted by Crippen LogP contribution is 2.28. The zero-order valence-electron chi connectivity index (χ0n) is 11.8. The summed E-state index contributed by atoms with van der Waals surface area (Å²) in [6.07, 6.45) is 2.84. The fourth-order valence-electron chi connectivity index (χ4n) is 2.36. The Bertz CT molecular complexity index is 571. The molecular formula is C15H18N2O4. The second-order valence-corrected chi connectivity index (χ2v) is 4.97. The van der Waals surface area contributed by atoms with Gasteiger partial charge in [-0.15, -0.1) is 0 Å². The molecule has 0 aliphatic carbocycles. The number of nitrogens with zero attached hydrogens (tertiary/aromatic N) is 1. The van der Waals surface area contributed by atoms with E-state index in [1.807, 2.05) is 0 Å². The number of benzene rings is 1. The summed E-state index contributed by atoms with van der Waals surface area (Å²) in [5.74, 6) is -3.38. The smallest absolute Gasteiger partial charge is 0.284 e. The van der Waals surface area contributed by atoms with Crippen molar-refractivity contribution in [3.8, 4) is 0 Å². The predicted octanol–water partition coefficient (Wildman–Crippen LogP) is 1.45. The number of rotatable bonds is 5. The molecule has 0 aromatic heterocycles. The van der Waals surface area contributed by atoms with Crippen LogP contribution >= 0.6 is 0 Å². The van der Waals surface area contributed by atoms with Crippen molar-refractivity contribution >= 4 is 17.7 Å². The summed E-state index contributed by atoms with van der Waals surface area (Å²) in [6.45, 7) is 2.52. The Balaban J connectivity index is 2.21. The summed E-state index contributed by atoms with van der Waals surface area (Å²) in [5, 5.41) is 12.3. The number of fused-ring (bicyclic) bond motifs is 1. The van der Waals surface area contributed by atoms with E-state index >= 15 is 0 Å². The first-order valence-electron chi connectivity index (χ1n) is 7.01. The largest absolute Gasteiger partial charge is 0.355 e. The Hall–Kier alpha value is -2.21. The third-order valence-electron chi connectivity index (χ3n) is 3.49. The minimum atomic E-state index is -1.18. The van der Waals surface area contributed by atoms with Gasteiger partial charge in [-0.25, -0.2) is 0 Å². The molecule has 0 bridgehead atoms. The molecule has 6 nitrogen and oxygen atoms in total. The van der Waals surface area contributed by atoms with E-state index in [-0.39, 0.29) is 10.6 Å². The summed E-state index contributed by atoms with van der Waals surface area (Å²) in [4.78, 5) is 36.0. The van der Waals surface area contributed by atoms with E-state index < -0.39 is 23.6 Å². The standard InChI is InChI=1S/C15H18N2O4/c1-2-3-6-9-16-13(18)12-10-7-4-5-8-11(10)14(19)17(21)15(12)20/h4-5,7-8,12,21H,2-3,6,9H2,1H3,(H,16,18). The number of amides is 3. The maximum Gasteiger partial charge on any atom is 0.284 e. The van der Waals surface area contributed by atoms with Gasteiger partial charge >= 0.3 is 0 Å². The van der Waals surface area contributed by atoms with Crippen LogP contribution in [0.5, 0.6) is 0 Å². The SMILES string of the molecule is CCCCCNC(=O)C1C(=O)N(O)C(=O)c2ccccc21. The normalized spacial score (nSPS) is 17.6. The van der Waals surface area contributed by atoms with Crippen LogP contribution in [0.1, 0.15) is 48.0 Å². The monoisotopic (exact) mass is 290 g/mol. The summed E-state index contributed by atoms with van der Waals surface area (Å²) in [6, 6.07) is 6.33. The molecule has 21 heavy (non-hydrogen) atoms. The van der Waals surface area contributed by atoms with Crippen LogP contribution in [0.3, 0.4) is 0 Å². The van der Waals surface area contributed by atoms with Crippen LogP contribution in [0.4, 0.5) is 0 Å². The maximum absolute atomic E-state index is 12.2. The lowest BCUT2D eigenvalue weighted by atomic mass is 9.88. The number of imide groups is 1. The van der Waals surface area contributed by atoms with Crippen molar-refractivity contribution in [1.82, 2.24) is 10.4 Å². The van der Waals surface area contributed by atoms with Gasteiger partial charge in [0.25, 0.3) is 11.8 Å². The fourth-order valence-corrected chi connectivity index (χ4v) is 2.36. The Labute approximate surface area is 122 Å². The van der Waals surface area contributed by atoms with Gasteiger partial charge in [-0.2, -0.15) is 5.06 Å². The molecule has 1 aromatic rings. The van der Waals surface area contributed by atoms with Gasteiger partial charge < -0.3 is 5.32 Å². The molecule has 1 heterocycles. The molecule has 2 N–H and O–H groups in total. The van der Waals surface area contributed by atoms with Crippen LogP contribution in [0.2, 0.25) is 0 Å². The second-order valence-electron chi connectivity index (χ2n) is 4.97. The van der Waals surface area contributed by atoms with Crippen molar-refractivity contribution < 1.29 is 19.6 Å². The second kappa shape index (κ2) is 6.49. The number of hydrogen-bond acceptors (Lipinski definition) is 4. The number of hydroxylamine groups is 2. The van der Waals surface area contributed by atoms with Gasteiger partial charge in [0.1, 0.15) is 5.92 Å². The van der Waals surface area contributed by atoms with Crippen LogP contribution < -0.4 is 5.32 Å². The van der Waals surface area contributed by atoms with Crippen LogP contribution in [0.25, 0.3) is 0 Å². The minimum absolute atomic E-state index is 0.0264. The number of hydrogen-bond donors (Lipinski definition) is 2. The zero-order chi connectivity index (χ0) is 15.4. The van der Waals surface area contributed by atoms with E-state index in [1.165, 1.54) is 6.07 Å². The molecule has 1 atom stereocenters. The van der Waals surface area contributed by atoms with E-state index in [0.29, 0.717) is 12.1 Å². The zero-order valence-corrected chi connectivity index (χ0v) is 11.8. The van der Waals surface area contributed by atoms with E-state index in [1.54, 1.807) is 18.2 Å². The third-order valence-corrected chi connectivity index (χ3v) is 3.49. The lowest BCUT2D eigenvalue weighted by molar-refractivity contribution is -0.158. The number of carbonyl (C=O) groups excluding carboxylic acids is 3. The molecule has 0 saturated heterocycles. The van der Waals surface area contributed by atoms with E-state index in [2.05, 4.69) is 12.2 Å². The molecule has 6 heteroatoms. The summed E-state index contributed by atoms with van der Waals surface area (Å²) < 4.78 is 0. The van der Waals surface area contributed by atoms with E-state index in [4.69, 9.17) is 0 Å². The molecule has 3 amide bonds. The number of unbranched alkanes of at least 4 members (excludes halogenated alkanes) is 2. The Morgan fingerprint density at radius 2 is 2.00 bits per heavy atom. The average Bonchev–Trinajstić information content (AvgIpc) is 2.49. The highest BCUT2D eigenvalue weighted by atomic mass is 16.5. The van der Waals surface area contributed by atoms with Gasteiger partial charge in [0.15, 0.2) is 0 Å². The van der Waals surface area contributed by atoms with Gasteiger partial charge in [-0.3, -0.25) is 19.6 Å². The van der Waals surface area contributed by atoms with Crippen molar-refractivity contribution in [1.29, 1.82) is 0 Å². The maximum atomic E-state index is 12.2. The summed E-state index contributed by atoms with van der Waals surface area (Å²) >= 11 is 0. The summed E-state index contributed by atoms with van der Waals surface area (Å²) in [5.41, 5.74) is 0.513. The molecule has 1 aliphatic heterocycles. The Morgan fingerprint density at radius 3 is 2.71 bits per heavy atom. The van der Waals surface area contributed by atoms with Gasteiger partial charge in [-0.1, -0.05) is 38.0 Å². The van der Waals surface area contributed by atoms with E-state index in [9.17, 15) is 19.6 Å². The van der Waals surface area contributed by atoms with Crippen LogP contribution in [-0.4, -0.2) is 34.5 Å².